The van der Waals surface area contributed by atoms with E-state index in [2.05, 4.69) is 21.9 Å². The zero-order valence-corrected chi connectivity index (χ0v) is 17.1. The molecule has 2 rings (SSSR count). The summed E-state index contributed by atoms with van der Waals surface area (Å²) in [5, 5.41) is 5.00. The molecule has 0 fully saturated rings. The molecular weight excluding hydrogens is 437 g/mol. The molecule has 0 saturated heterocycles. The predicted octanol–water partition coefficient (Wildman–Crippen LogP) is 4.19. The highest BCUT2D eigenvalue weighted by Gasteiger charge is 2.11. The average molecular weight is 457 g/mol. The van der Waals surface area contributed by atoms with Gasteiger partial charge in [-0.25, -0.2) is 4.39 Å². The van der Waals surface area contributed by atoms with Crippen LogP contribution in [0.2, 0.25) is 5.02 Å². The van der Waals surface area contributed by atoms with Gasteiger partial charge in [0.2, 0.25) is 5.91 Å². The van der Waals surface area contributed by atoms with E-state index in [4.69, 9.17) is 16.3 Å². The Labute approximate surface area is 182 Å². The molecule has 0 spiro atoms. The van der Waals surface area contributed by atoms with Gasteiger partial charge in [0, 0.05) is 30.3 Å². The number of benzene rings is 2. The molecule has 10 heteroatoms. The molecule has 2 aromatic carbocycles. The predicted molar refractivity (Wildman–Crippen MR) is 108 cm³/mol. The summed E-state index contributed by atoms with van der Waals surface area (Å²) in [4.78, 5) is 23.9. The number of rotatable bonds is 11. The van der Waals surface area contributed by atoms with Gasteiger partial charge in [-0.1, -0.05) is 36.4 Å². The third-order valence-corrected chi connectivity index (χ3v) is 4.20. The average Bonchev–Trinajstić information content (AvgIpc) is 2.72. The molecule has 0 aliphatic carbocycles. The Hall–Kier alpha value is -3.20. The molecule has 2 amide bonds. The second-order valence-corrected chi connectivity index (χ2v) is 6.69. The number of carbonyl (C=O) groups is 2. The van der Waals surface area contributed by atoms with Crippen molar-refractivity contribution in [1.29, 1.82) is 0 Å². The lowest BCUT2D eigenvalue weighted by molar-refractivity contribution is -0.123. The van der Waals surface area contributed by atoms with Crippen LogP contribution in [0.5, 0.6) is 11.5 Å². The molecule has 6 nitrogen and oxygen atoms in total. The molecule has 0 unspecified atom stereocenters. The second-order valence-electron chi connectivity index (χ2n) is 6.28. The van der Waals surface area contributed by atoms with Crippen molar-refractivity contribution in [2.75, 3.05) is 6.61 Å². The number of hydrogen-bond donors (Lipinski definition) is 2. The minimum absolute atomic E-state index is 0.00601. The Morgan fingerprint density at radius 2 is 1.84 bits per heavy atom. The number of halogens is 4. The van der Waals surface area contributed by atoms with Crippen LogP contribution >= 0.6 is 11.6 Å². The number of amides is 2. The molecule has 0 bridgehead atoms. The molecule has 0 heterocycles. The zero-order valence-electron chi connectivity index (χ0n) is 16.3. The quantitative estimate of drug-likeness (QED) is 0.531. The molecule has 0 aromatic heterocycles. The number of alkyl halides is 2. The lowest BCUT2D eigenvalue weighted by Crippen LogP contribution is -2.29. The van der Waals surface area contributed by atoms with Gasteiger partial charge in [-0.15, -0.1) is 0 Å². The van der Waals surface area contributed by atoms with Gasteiger partial charge in [-0.2, -0.15) is 8.78 Å². The first-order valence-electron chi connectivity index (χ1n) is 9.09. The summed E-state index contributed by atoms with van der Waals surface area (Å²) in [5.41, 5.74) is 0.687. The van der Waals surface area contributed by atoms with Crippen molar-refractivity contribution >= 4 is 23.4 Å². The van der Waals surface area contributed by atoms with E-state index in [1.54, 1.807) is 18.2 Å². The van der Waals surface area contributed by atoms with Gasteiger partial charge < -0.3 is 20.1 Å². The summed E-state index contributed by atoms with van der Waals surface area (Å²) >= 11 is 5.57. The maximum absolute atomic E-state index is 13.3. The maximum atomic E-state index is 13.3. The molecule has 0 atom stereocenters. The van der Waals surface area contributed by atoms with E-state index in [0.717, 1.165) is 6.07 Å². The first-order chi connectivity index (χ1) is 14.7. The molecule has 2 N–H and O–H groups in total. The fourth-order valence-electron chi connectivity index (χ4n) is 2.42. The first-order valence-corrected chi connectivity index (χ1v) is 9.47. The standard InChI is InChI=1S/C21H20ClF3N2O4/c1-13(27-20(29)12-30-15-7-8-16(22)17(23)10-15)6-9-19(28)26-11-14-4-2-3-5-18(14)31-21(24)25/h2-5,7-8,10,21H,1,6,9,11-12H2,(H,26,28)(H,27,29). The highest BCUT2D eigenvalue weighted by molar-refractivity contribution is 6.30. The summed E-state index contributed by atoms with van der Waals surface area (Å²) in [6.07, 6.45) is 0.169. The number of ether oxygens (including phenoxy) is 2. The minimum Gasteiger partial charge on any atom is -0.484 e. The number of hydrogen-bond acceptors (Lipinski definition) is 4. The van der Waals surface area contributed by atoms with E-state index in [1.807, 2.05) is 0 Å². The monoisotopic (exact) mass is 456 g/mol. The van der Waals surface area contributed by atoms with E-state index in [0.29, 0.717) is 5.56 Å². The summed E-state index contributed by atoms with van der Waals surface area (Å²) in [5.74, 6) is -1.44. The molecule has 0 radical (unpaired) electrons. The van der Waals surface area contributed by atoms with Crippen molar-refractivity contribution in [3.8, 4) is 11.5 Å². The topological polar surface area (TPSA) is 76.7 Å². The van der Waals surface area contributed by atoms with Gasteiger partial charge in [-0.3, -0.25) is 9.59 Å². The van der Waals surface area contributed by atoms with E-state index in [1.165, 1.54) is 18.2 Å². The fraction of sp³-hybridized carbons (Fsp3) is 0.238. The number of carbonyl (C=O) groups excluding carboxylic acids is 2. The van der Waals surface area contributed by atoms with Crippen molar-refractivity contribution < 1.29 is 32.2 Å². The van der Waals surface area contributed by atoms with Crippen molar-refractivity contribution in [3.05, 3.63) is 71.1 Å². The number of allylic oxidation sites excluding steroid dienone is 1. The van der Waals surface area contributed by atoms with Crippen LogP contribution in [0.3, 0.4) is 0 Å². The molecule has 2 aromatic rings. The third-order valence-electron chi connectivity index (χ3n) is 3.90. The van der Waals surface area contributed by atoms with Gasteiger partial charge in [0.25, 0.3) is 5.91 Å². The highest BCUT2D eigenvalue weighted by Crippen LogP contribution is 2.21. The van der Waals surface area contributed by atoms with Crippen LogP contribution in [-0.4, -0.2) is 25.0 Å². The van der Waals surface area contributed by atoms with Crippen LogP contribution < -0.4 is 20.1 Å². The molecule has 0 aliphatic rings. The number of para-hydroxylation sites is 1. The van der Waals surface area contributed by atoms with Crippen LogP contribution in [-0.2, 0) is 16.1 Å². The second kappa shape index (κ2) is 11.8. The van der Waals surface area contributed by atoms with E-state index in [-0.39, 0.29) is 54.1 Å². The van der Waals surface area contributed by atoms with Crippen LogP contribution in [0.15, 0.2) is 54.7 Å². The van der Waals surface area contributed by atoms with Gasteiger partial charge in [0.15, 0.2) is 6.61 Å². The SMILES string of the molecule is C=C(CCC(=O)NCc1ccccc1OC(F)F)NC(=O)COc1ccc(Cl)c(F)c1. The van der Waals surface area contributed by atoms with Crippen LogP contribution in [0.1, 0.15) is 18.4 Å². The molecule has 0 aliphatic heterocycles. The smallest absolute Gasteiger partial charge is 0.387 e. The van der Waals surface area contributed by atoms with Crippen LogP contribution in [0.25, 0.3) is 0 Å². The van der Waals surface area contributed by atoms with Crippen LogP contribution in [0, 0.1) is 5.82 Å². The molecular formula is C21H20ClF3N2O4. The molecule has 0 saturated carbocycles. The Balaban J connectivity index is 1.70. The third kappa shape index (κ3) is 8.59. The van der Waals surface area contributed by atoms with E-state index in [9.17, 15) is 22.8 Å². The first kappa shape index (κ1) is 24.1. The Bertz CT molecular complexity index is 941. The summed E-state index contributed by atoms with van der Waals surface area (Å²) in [7, 11) is 0. The van der Waals surface area contributed by atoms with Gasteiger partial charge in [0.1, 0.15) is 17.3 Å². The van der Waals surface area contributed by atoms with Crippen LogP contribution in [0.4, 0.5) is 13.2 Å². The normalized spacial score (nSPS) is 10.5. The van der Waals surface area contributed by atoms with Gasteiger partial charge >= 0.3 is 6.61 Å². The lowest BCUT2D eigenvalue weighted by atomic mass is 10.2. The van der Waals surface area contributed by atoms with Gasteiger partial charge in [0.05, 0.1) is 5.02 Å². The Morgan fingerprint density at radius 3 is 2.55 bits per heavy atom. The van der Waals surface area contributed by atoms with E-state index < -0.39 is 18.3 Å². The van der Waals surface area contributed by atoms with E-state index >= 15 is 0 Å². The summed E-state index contributed by atoms with van der Waals surface area (Å²) in [6.45, 7) is 0.322. The molecule has 166 valence electrons. The summed E-state index contributed by atoms with van der Waals surface area (Å²) < 4.78 is 47.7. The number of nitrogens with one attached hydrogen (secondary N) is 2. The minimum atomic E-state index is -2.97. The Kier molecular flexibility index (Phi) is 9.20. The van der Waals surface area contributed by atoms with Gasteiger partial charge in [-0.05, 0) is 24.6 Å². The highest BCUT2D eigenvalue weighted by atomic mass is 35.5. The summed E-state index contributed by atoms with van der Waals surface area (Å²) in [6, 6.07) is 9.90. The van der Waals surface area contributed by atoms with Crippen molar-refractivity contribution in [2.24, 2.45) is 0 Å². The zero-order chi connectivity index (χ0) is 22.8. The maximum Gasteiger partial charge on any atom is 0.387 e. The Morgan fingerprint density at radius 1 is 1.10 bits per heavy atom. The van der Waals surface area contributed by atoms with Crippen molar-refractivity contribution in [1.82, 2.24) is 10.6 Å². The lowest BCUT2D eigenvalue weighted by Gasteiger charge is -2.12. The molecule has 31 heavy (non-hydrogen) atoms. The fourth-order valence-corrected chi connectivity index (χ4v) is 2.54. The largest absolute Gasteiger partial charge is 0.484 e. The van der Waals surface area contributed by atoms with Crippen molar-refractivity contribution in [2.45, 2.75) is 26.0 Å². The van der Waals surface area contributed by atoms with Crippen molar-refractivity contribution in [3.63, 3.8) is 0 Å².